The Bertz CT molecular complexity index is 90.0. The van der Waals surface area contributed by atoms with Crippen LogP contribution in [-0.4, -0.2) is 0 Å². The first-order valence-electron chi connectivity index (χ1n) is 1.20. The number of rotatable bonds is 2. The van der Waals surface area contributed by atoms with Gasteiger partial charge in [-0.3, -0.25) is 9.76 Å². The van der Waals surface area contributed by atoms with Gasteiger partial charge in [0.2, 0.25) is 0 Å². The Morgan fingerprint density at radius 3 is 2.12 bits per heavy atom. The van der Waals surface area contributed by atoms with Crippen molar-refractivity contribution in [3.8, 4) is 0 Å². The molecule has 1 unspecified atom stereocenters. The third kappa shape index (κ3) is 5.60. The second kappa shape index (κ2) is 5.26. The van der Waals surface area contributed by atoms with Crippen LogP contribution in [0.25, 0.3) is 0 Å². The molecule has 0 aliphatic rings. The fourth-order valence-electron chi connectivity index (χ4n) is 0.0248. The second-order valence-corrected chi connectivity index (χ2v) is 6.18. The van der Waals surface area contributed by atoms with Crippen molar-refractivity contribution < 1.29 is 29.0 Å². The number of hydrogen-bond acceptors (Lipinski definition) is 6. The monoisotopic (exact) mass is 223 g/mol. The van der Waals surface area contributed by atoms with E-state index in [0.29, 0.717) is 11.6 Å². The molecule has 0 aromatic heterocycles. The van der Waals surface area contributed by atoms with E-state index in [1.54, 1.807) is 0 Å². The van der Waals surface area contributed by atoms with E-state index in [9.17, 15) is 4.89 Å². The van der Waals surface area contributed by atoms with Crippen LogP contribution in [-0.2, 0) is 35.9 Å². The van der Waals surface area contributed by atoms with Gasteiger partial charge < -0.3 is 4.89 Å². The van der Waals surface area contributed by atoms with Gasteiger partial charge in [-0.2, -0.15) is 0 Å². The van der Waals surface area contributed by atoms with Crippen molar-refractivity contribution >= 4 is 29.1 Å². The maximum absolute atomic E-state index is 10.3. The topological polar surface area (TPSA) is 84.3 Å². The van der Waals surface area contributed by atoms with E-state index in [2.05, 4.69) is 22.3 Å². The van der Waals surface area contributed by atoms with Gasteiger partial charge in [-0.05, 0) is 11.6 Å². The molecule has 0 aromatic rings. The molecule has 0 aliphatic heterocycles. The summed E-state index contributed by atoms with van der Waals surface area (Å²) >= 11 is 4.64. The van der Waals surface area contributed by atoms with Gasteiger partial charge in [-0.15, -0.1) is 0 Å². The zero-order chi connectivity index (χ0) is 5.91. The molecular weight excluding hydrogens is 221 g/mol. The van der Waals surface area contributed by atoms with Crippen molar-refractivity contribution in [1.29, 1.82) is 0 Å². The van der Waals surface area contributed by atoms with Crippen LogP contribution < -0.4 is 15.9 Å². The van der Waals surface area contributed by atoms with Gasteiger partial charge in [0.25, 0.3) is 0 Å². The summed E-state index contributed by atoms with van der Waals surface area (Å²) in [7, 11) is 0. The van der Waals surface area contributed by atoms with Crippen molar-refractivity contribution in [3.05, 3.63) is 0 Å². The fraction of sp³-hybridized carbons (Fsp3) is 0. The minimum atomic E-state index is -3.10. The molecular formula is H4N2O2PS2Zn-. The summed E-state index contributed by atoms with van der Waals surface area (Å²) in [4.78, 5) is 10.3. The Balaban J connectivity index is 0. The van der Waals surface area contributed by atoms with Gasteiger partial charge in [0.15, 0.2) is 0 Å². The quantitative estimate of drug-likeness (QED) is 0.273. The van der Waals surface area contributed by atoms with E-state index in [1.165, 1.54) is 0 Å². The Morgan fingerprint density at radius 1 is 1.75 bits per heavy atom. The van der Waals surface area contributed by atoms with Crippen LogP contribution in [0.4, 0.5) is 0 Å². The zero-order valence-corrected chi connectivity index (χ0v) is 9.44. The van der Waals surface area contributed by atoms with Crippen molar-refractivity contribution in [2.45, 2.75) is 0 Å². The maximum Gasteiger partial charge on any atom is 0.0859 e. The van der Waals surface area contributed by atoms with E-state index >= 15 is 0 Å². The van der Waals surface area contributed by atoms with E-state index in [4.69, 9.17) is 5.14 Å². The van der Waals surface area contributed by atoms with Crippen molar-refractivity contribution in [2.24, 2.45) is 11.0 Å². The molecule has 4 N–H and O–H groups in total. The van der Waals surface area contributed by atoms with E-state index in [1.807, 2.05) is 0 Å². The molecule has 46 valence electrons. The molecule has 0 bridgehead atoms. The predicted octanol–water partition coefficient (Wildman–Crippen LogP) is -0.934. The predicted molar refractivity (Wildman–Crippen MR) is 31.3 cm³/mol. The average Bonchev–Trinajstić information content (AvgIpc) is 1.68. The number of hydrogen-bond donors (Lipinski definition) is 2. The van der Waals surface area contributed by atoms with Crippen molar-refractivity contribution in [3.63, 3.8) is 0 Å². The molecule has 4 nitrogen and oxygen atoms in total. The third-order valence-corrected chi connectivity index (χ3v) is 2.84. The Labute approximate surface area is 69.1 Å². The molecule has 0 aliphatic carbocycles. The summed E-state index contributed by atoms with van der Waals surface area (Å²) in [5.41, 5.74) is -3.10. The summed E-state index contributed by atoms with van der Waals surface area (Å²) in [5.74, 6) is 4.45. The standard InChI is InChI=1S/H5N2O2PS2.Zn/c1-4-5(3,6)7-2;/h1-2H2,(H,3,6);/p-1. The normalized spacial score (nSPS) is 16.4. The smallest absolute Gasteiger partial charge is 0.0859 e. The van der Waals surface area contributed by atoms with Crippen LogP contribution in [0.15, 0.2) is 0 Å². The fourth-order valence-corrected chi connectivity index (χ4v) is 0.224. The first kappa shape index (κ1) is 12.2. The molecule has 0 radical (unpaired) electrons. The van der Waals surface area contributed by atoms with E-state index in [-0.39, 0.29) is 19.5 Å². The molecule has 0 heterocycles. The average molecular weight is 225 g/mol. The van der Waals surface area contributed by atoms with Gasteiger partial charge >= 0.3 is 0 Å². The molecule has 0 aromatic carbocycles. The molecule has 0 fully saturated rings. The molecule has 0 amide bonds. The first-order valence-corrected chi connectivity index (χ1v) is 5.32. The van der Waals surface area contributed by atoms with Gasteiger partial charge in [0.05, 0.1) is 5.69 Å². The van der Waals surface area contributed by atoms with Crippen molar-refractivity contribution in [1.82, 2.24) is 0 Å². The van der Waals surface area contributed by atoms with Crippen LogP contribution in [0.2, 0.25) is 0 Å². The molecule has 0 saturated carbocycles. The number of nitrogens with two attached hydrogens (primary N) is 2. The Hall–Kier alpha value is 1.46. The van der Waals surface area contributed by atoms with Crippen molar-refractivity contribution in [2.75, 3.05) is 0 Å². The van der Waals surface area contributed by atoms with E-state index in [0.717, 1.165) is 0 Å². The summed E-state index contributed by atoms with van der Waals surface area (Å²) in [5, 5.41) is 4.76. The summed E-state index contributed by atoms with van der Waals surface area (Å²) in [6.07, 6.45) is 0. The summed E-state index contributed by atoms with van der Waals surface area (Å²) in [6.45, 7) is 0. The molecule has 8 heavy (non-hydrogen) atoms. The van der Waals surface area contributed by atoms with E-state index < -0.39 is 5.69 Å². The van der Waals surface area contributed by atoms with Crippen LogP contribution in [0, 0.1) is 0 Å². The van der Waals surface area contributed by atoms with Gasteiger partial charge in [-0.1, -0.05) is 11.8 Å². The van der Waals surface area contributed by atoms with Gasteiger partial charge in [0, 0.05) is 19.5 Å². The second-order valence-electron chi connectivity index (χ2n) is 0.658. The summed E-state index contributed by atoms with van der Waals surface area (Å²) in [6, 6.07) is 0. The Morgan fingerprint density at radius 2 is 2.12 bits per heavy atom. The van der Waals surface area contributed by atoms with Gasteiger partial charge in [-0.25, -0.2) is 5.90 Å². The molecule has 1 atom stereocenters. The molecule has 0 spiro atoms. The van der Waals surface area contributed by atoms with Crippen LogP contribution in [0.3, 0.4) is 0 Å². The third-order valence-electron chi connectivity index (χ3n) is 0.258. The van der Waals surface area contributed by atoms with Crippen LogP contribution >= 0.6 is 17.3 Å². The SMILES string of the molecule is NOP([O-])(=S)SN.[Zn]. The summed E-state index contributed by atoms with van der Waals surface area (Å²) < 4.78 is 3.80. The molecule has 0 saturated heterocycles. The zero-order valence-electron chi connectivity index (χ0n) is 3.94. The minimum absolute atomic E-state index is 0. The minimum Gasteiger partial charge on any atom is -0.791 e. The van der Waals surface area contributed by atoms with Gasteiger partial charge in [0.1, 0.15) is 0 Å². The van der Waals surface area contributed by atoms with Crippen LogP contribution in [0.1, 0.15) is 0 Å². The molecule has 8 heteroatoms. The first-order chi connectivity index (χ1) is 3.12. The largest absolute Gasteiger partial charge is 0.791 e. The maximum atomic E-state index is 10.3. The molecule has 0 rings (SSSR count). The van der Waals surface area contributed by atoms with Crippen LogP contribution in [0.5, 0.6) is 0 Å². The Kier molecular flexibility index (Phi) is 8.01.